The van der Waals surface area contributed by atoms with Gasteiger partial charge in [-0.05, 0) is 71.4 Å². The number of aliphatic hydroxyl groups is 2. The number of amides is 2. The average Bonchev–Trinajstić information content (AvgIpc) is 3.21. The monoisotopic (exact) mass is 553 g/mol. The molecule has 4 atom stereocenters. The topological polar surface area (TPSA) is 107 Å². The molecule has 3 N–H and O–H groups in total. The van der Waals surface area contributed by atoms with Gasteiger partial charge in [0.2, 0.25) is 11.8 Å². The van der Waals surface area contributed by atoms with Crippen LogP contribution in [0, 0.1) is 17.8 Å². The van der Waals surface area contributed by atoms with Crippen LogP contribution in [-0.2, 0) is 9.59 Å². The third kappa shape index (κ3) is 6.11. The Morgan fingerprint density at radius 2 is 1.71 bits per heavy atom. The van der Waals surface area contributed by atoms with Crippen LogP contribution >= 0.6 is 0 Å². The van der Waals surface area contributed by atoms with Crippen molar-refractivity contribution < 1.29 is 29.6 Å². The Bertz CT molecular complexity index is 1450. The summed E-state index contributed by atoms with van der Waals surface area (Å²) in [5, 5.41) is 32.2. The summed E-state index contributed by atoms with van der Waals surface area (Å²) in [5.74, 6) is -1.73. The Hall–Kier alpha value is -4.20. The van der Waals surface area contributed by atoms with Crippen molar-refractivity contribution in [2.45, 2.75) is 25.4 Å². The highest BCUT2D eigenvalue weighted by Crippen LogP contribution is 2.46. The largest absolute Gasteiger partial charge is 0.508 e. The molecule has 1 fully saturated rings. The predicted molar refractivity (Wildman–Crippen MR) is 157 cm³/mol. The Morgan fingerprint density at radius 1 is 1.00 bits per heavy atom. The van der Waals surface area contributed by atoms with Crippen molar-refractivity contribution in [3.05, 3.63) is 107 Å². The highest BCUT2D eigenvalue weighted by molar-refractivity contribution is 6.05. The molecule has 1 heterocycles. The van der Waals surface area contributed by atoms with E-state index in [2.05, 4.69) is 0 Å². The molecule has 5 rings (SSSR count). The number of para-hydroxylation sites is 1. The van der Waals surface area contributed by atoms with Crippen LogP contribution in [-0.4, -0.2) is 58.4 Å². The number of benzene rings is 3. The maximum absolute atomic E-state index is 13.1. The summed E-state index contributed by atoms with van der Waals surface area (Å²) in [5.41, 5.74) is 4.13. The van der Waals surface area contributed by atoms with Gasteiger partial charge >= 0.3 is 0 Å². The fraction of sp³-hybridized carbons (Fsp3) is 0.294. The van der Waals surface area contributed by atoms with E-state index < -0.39 is 23.9 Å². The van der Waals surface area contributed by atoms with Gasteiger partial charge in [0.15, 0.2) is 0 Å². The number of imide groups is 1. The van der Waals surface area contributed by atoms with Gasteiger partial charge < -0.3 is 20.1 Å². The lowest BCUT2D eigenvalue weighted by atomic mass is 9.68. The Balaban J connectivity index is 1.46. The van der Waals surface area contributed by atoms with Crippen molar-refractivity contribution in [3.63, 3.8) is 0 Å². The summed E-state index contributed by atoms with van der Waals surface area (Å²) in [4.78, 5) is 27.2. The molecular weight excluding hydrogens is 518 g/mol. The van der Waals surface area contributed by atoms with E-state index >= 15 is 0 Å². The maximum Gasteiger partial charge on any atom is 0.233 e. The average molecular weight is 554 g/mol. The number of likely N-dealkylation sites (tertiary alicyclic amines) is 1. The number of carbonyl (C=O) groups excluding carboxylic acids is 2. The summed E-state index contributed by atoms with van der Waals surface area (Å²) < 4.78 is 6.05. The number of carbonyl (C=O) groups is 2. The number of nitrogens with zero attached hydrogens (tertiary/aromatic N) is 1. The SMILES string of the molecule is CN1C(=O)[C@@H]2[C@@H](CC(COc3ccccc3)=C([C@H](O)CC/C(=C/c3cccc(O)c3)c3ccccc3)[C@@H]2CO)C1=O. The molecule has 0 radical (unpaired) electrons. The van der Waals surface area contributed by atoms with Gasteiger partial charge in [0.1, 0.15) is 18.1 Å². The number of fused-ring (bicyclic) bond motifs is 1. The van der Waals surface area contributed by atoms with Gasteiger partial charge in [-0.3, -0.25) is 14.5 Å². The van der Waals surface area contributed by atoms with Crippen LogP contribution in [0.25, 0.3) is 11.6 Å². The van der Waals surface area contributed by atoms with Crippen LogP contribution in [0.4, 0.5) is 0 Å². The summed E-state index contributed by atoms with van der Waals surface area (Å²) in [6, 6.07) is 26.1. The maximum atomic E-state index is 13.1. The van der Waals surface area contributed by atoms with Crippen molar-refractivity contribution in [3.8, 4) is 11.5 Å². The fourth-order valence-corrected chi connectivity index (χ4v) is 6.15. The zero-order valence-electron chi connectivity index (χ0n) is 23.0. The van der Waals surface area contributed by atoms with Crippen LogP contribution in [0.1, 0.15) is 30.4 Å². The summed E-state index contributed by atoms with van der Waals surface area (Å²) in [7, 11) is 1.48. The lowest BCUT2D eigenvalue weighted by Crippen LogP contribution is -2.39. The molecule has 0 aromatic heterocycles. The minimum Gasteiger partial charge on any atom is -0.508 e. The van der Waals surface area contributed by atoms with E-state index in [1.54, 1.807) is 18.2 Å². The van der Waals surface area contributed by atoms with Crippen molar-refractivity contribution >= 4 is 23.5 Å². The quantitative estimate of drug-likeness (QED) is 0.191. The van der Waals surface area contributed by atoms with E-state index in [0.717, 1.165) is 27.2 Å². The molecule has 3 aromatic rings. The van der Waals surface area contributed by atoms with Crippen LogP contribution in [0.3, 0.4) is 0 Å². The lowest BCUT2D eigenvalue weighted by Gasteiger charge is -2.36. The van der Waals surface area contributed by atoms with E-state index in [1.807, 2.05) is 72.8 Å². The third-order valence-corrected chi connectivity index (χ3v) is 8.16. The van der Waals surface area contributed by atoms with Gasteiger partial charge in [-0.15, -0.1) is 0 Å². The minimum atomic E-state index is -0.965. The van der Waals surface area contributed by atoms with Crippen molar-refractivity contribution in [2.75, 3.05) is 20.3 Å². The molecule has 7 heteroatoms. The van der Waals surface area contributed by atoms with Crippen LogP contribution < -0.4 is 4.74 Å². The molecule has 1 aliphatic carbocycles. The van der Waals surface area contributed by atoms with Crippen LogP contribution in [0.15, 0.2) is 96.1 Å². The molecule has 1 aliphatic heterocycles. The second-order valence-corrected chi connectivity index (χ2v) is 10.7. The second-order valence-electron chi connectivity index (χ2n) is 10.7. The van der Waals surface area contributed by atoms with Gasteiger partial charge in [0.05, 0.1) is 24.5 Å². The van der Waals surface area contributed by atoms with Gasteiger partial charge in [0.25, 0.3) is 0 Å². The number of phenolic OH excluding ortho intramolecular Hbond substituents is 1. The first-order valence-electron chi connectivity index (χ1n) is 13.9. The lowest BCUT2D eigenvalue weighted by molar-refractivity contribution is -0.138. The number of ether oxygens (including phenoxy) is 1. The first-order valence-corrected chi connectivity index (χ1v) is 13.9. The number of hydrogen-bond donors (Lipinski definition) is 3. The van der Waals surface area contributed by atoms with E-state index in [9.17, 15) is 24.9 Å². The minimum absolute atomic E-state index is 0.145. The van der Waals surface area contributed by atoms with Crippen LogP contribution in [0.2, 0.25) is 0 Å². The molecule has 0 spiro atoms. The van der Waals surface area contributed by atoms with E-state index in [1.165, 1.54) is 7.05 Å². The Labute approximate surface area is 240 Å². The summed E-state index contributed by atoms with van der Waals surface area (Å²) in [6.45, 7) is -0.216. The van der Waals surface area contributed by atoms with E-state index in [-0.39, 0.29) is 30.8 Å². The molecule has 0 bridgehead atoms. The standard InChI is InChI=1S/C34H35NO6/c1-35-33(39)28-19-25(21-41-27-13-6-3-7-14-27)31(29(20-36)32(28)34(35)40)30(38)16-15-24(23-10-4-2-5-11-23)17-22-9-8-12-26(37)18-22/h2-14,17-18,28-30,32,36-38H,15-16,19-21H2,1H3/b24-17-/t28-,29+,30-,32-/m1/s1. The Kier molecular flexibility index (Phi) is 8.67. The van der Waals surface area contributed by atoms with Crippen molar-refractivity contribution in [2.24, 2.45) is 17.8 Å². The highest BCUT2D eigenvalue weighted by atomic mass is 16.5. The molecular formula is C34H35NO6. The van der Waals surface area contributed by atoms with Crippen molar-refractivity contribution in [1.29, 1.82) is 0 Å². The molecule has 7 nitrogen and oxygen atoms in total. The normalized spacial score (nSPS) is 21.7. The van der Waals surface area contributed by atoms with E-state index in [0.29, 0.717) is 30.6 Å². The molecule has 0 unspecified atom stereocenters. The molecule has 3 aromatic carbocycles. The van der Waals surface area contributed by atoms with Gasteiger partial charge in [-0.1, -0.05) is 66.7 Å². The first-order chi connectivity index (χ1) is 19.9. The number of hydrogen-bond acceptors (Lipinski definition) is 6. The van der Waals surface area contributed by atoms with Gasteiger partial charge in [-0.25, -0.2) is 0 Å². The molecule has 0 saturated carbocycles. The number of allylic oxidation sites excluding steroid dienone is 1. The fourth-order valence-electron chi connectivity index (χ4n) is 6.15. The predicted octanol–water partition coefficient (Wildman–Crippen LogP) is 4.69. The van der Waals surface area contributed by atoms with Crippen LogP contribution in [0.5, 0.6) is 11.5 Å². The Morgan fingerprint density at radius 3 is 2.39 bits per heavy atom. The summed E-state index contributed by atoms with van der Waals surface area (Å²) >= 11 is 0. The van der Waals surface area contributed by atoms with Gasteiger partial charge in [0, 0.05) is 13.0 Å². The number of phenols is 1. The number of rotatable bonds is 10. The molecule has 41 heavy (non-hydrogen) atoms. The summed E-state index contributed by atoms with van der Waals surface area (Å²) in [6.07, 6.45) is 2.14. The zero-order chi connectivity index (χ0) is 28.9. The molecule has 2 aliphatic rings. The number of aliphatic hydroxyl groups excluding tert-OH is 2. The smallest absolute Gasteiger partial charge is 0.233 e. The first kappa shape index (κ1) is 28.3. The highest BCUT2D eigenvalue weighted by Gasteiger charge is 2.53. The molecule has 2 amide bonds. The van der Waals surface area contributed by atoms with E-state index in [4.69, 9.17) is 4.74 Å². The zero-order valence-corrected chi connectivity index (χ0v) is 23.0. The molecule has 212 valence electrons. The second kappa shape index (κ2) is 12.5. The number of aromatic hydroxyl groups is 1. The molecule has 1 saturated heterocycles. The van der Waals surface area contributed by atoms with Gasteiger partial charge in [-0.2, -0.15) is 0 Å². The third-order valence-electron chi connectivity index (χ3n) is 8.16. The van der Waals surface area contributed by atoms with Crippen molar-refractivity contribution in [1.82, 2.24) is 4.90 Å².